The van der Waals surface area contributed by atoms with E-state index in [0.29, 0.717) is 58.2 Å². The van der Waals surface area contributed by atoms with E-state index in [1.807, 2.05) is 83.1 Å². The number of urea groups is 3. The number of likely N-dealkylation sites (tertiary alicyclic amines) is 3. The Kier molecular flexibility index (Phi) is 42.9. The summed E-state index contributed by atoms with van der Waals surface area (Å²) >= 11 is 0. The van der Waals surface area contributed by atoms with Gasteiger partial charge in [-0.05, 0) is 200 Å². The van der Waals surface area contributed by atoms with Gasteiger partial charge in [0, 0.05) is 91.1 Å². The first kappa shape index (κ1) is 125. The zero-order valence-corrected chi connectivity index (χ0v) is 96.9. The number of sulfonamides is 3. The Morgan fingerprint density at radius 2 is 0.727 bits per heavy atom. The molecule has 3 unspecified atom stereocenters. The number of rotatable bonds is 42. The molecule has 0 aromatic carbocycles. The molecule has 18 atom stereocenters. The Balaban J connectivity index is 0.000000250. The zero-order chi connectivity index (χ0) is 112. The van der Waals surface area contributed by atoms with Gasteiger partial charge in [-0.3, -0.25) is 57.5 Å². The molecule has 150 heavy (non-hydrogen) atoms. The summed E-state index contributed by atoms with van der Waals surface area (Å²) in [4.78, 5) is 210. The molecule has 11 fully saturated rings. The lowest BCUT2D eigenvalue weighted by Gasteiger charge is -2.43. The first-order valence-corrected chi connectivity index (χ1v) is 60.9. The van der Waals surface area contributed by atoms with E-state index in [1.54, 1.807) is 14.7 Å². The van der Waals surface area contributed by atoms with Gasteiger partial charge in [-0.25, -0.2) is 52.6 Å². The molecule has 852 valence electrons. The molecule has 11 aliphatic rings. The molecule has 3 heterocycles. The summed E-state index contributed by atoms with van der Waals surface area (Å²) < 4.78 is 76.9. The standard InChI is InChI=1S/3C36H62N6O7S/c1-34(2,3)26(21-41(7)50(8,48)49)39-33(47)40-29(36(6)16-10-9-11-17-36)32(46)42-20-24-23(15-18-35(24,4)5)27(42)31(45)38-25(28(43)30(37)44)19-22-13-12-14-22;1-9-13-26(30(43)32(45)37-23-16-17-23)38-31(44)29-24-18-19-36(5,6)25(24)20-42(29)33(46)28(22-14-11-10-12-15-22)40-34(47)39-27(35(2,3)4)21-41(7)50(8,48)49;1-10-15-26(30(43)32(45)37-20-11-2)38-31(44)29-24-18-19-36(6,7)25(24)21-42(29)33(46)28(23-16-13-12-14-17-23)40-34(47)39-27(35(3,4)5)22-41(8)50(9,48)49/h22-27,29H,9-21H2,1-8H3,(H2,37,44)(H,38,45)(H2,39,40,47);22-29H,9-21H2,1-8H3,(H,37,45)(H,38,44)(H2,39,40,47);11,23-29H,2,10,12-22H2,1,3-9H3,(H,37,45)(H,38,44)(H2,39,40,47)/t23-,24-,25?,26+,27-,29+;2*24-,25-,26?,27+,28-,29-/m000/s1. The number of hydrogen-bond acceptors (Lipinski definition) is 21. The number of Topliss-reactive ketones (excluding diaryl/α,β-unsaturated/α-hetero) is 3. The van der Waals surface area contributed by atoms with E-state index < -0.39 is 195 Å². The molecule has 8 saturated carbocycles. The Labute approximate surface area is 894 Å². The van der Waals surface area contributed by atoms with Crippen molar-refractivity contribution < 1.29 is 97.2 Å². The van der Waals surface area contributed by atoms with E-state index >= 15 is 0 Å². The van der Waals surface area contributed by atoms with Crippen molar-refractivity contribution in [2.24, 2.45) is 96.9 Å². The lowest BCUT2D eigenvalue weighted by Crippen LogP contribution is -2.63. The molecular formula is C108H186N18O21S3. The van der Waals surface area contributed by atoms with Crippen LogP contribution in [-0.4, -0.2) is 306 Å². The molecule has 8 aliphatic carbocycles. The van der Waals surface area contributed by atoms with Crippen LogP contribution >= 0.6 is 0 Å². The number of nitrogens with two attached hydrogens (primary N) is 1. The fraction of sp³-hybridized carbons (Fsp3) is 0.843. The van der Waals surface area contributed by atoms with Gasteiger partial charge >= 0.3 is 18.1 Å². The highest BCUT2D eigenvalue weighted by atomic mass is 32.2. The van der Waals surface area contributed by atoms with Crippen LogP contribution in [0.5, 0.6) is 0 Å². The van der Waals surface area contributed by atoms with Gasteiger partial charge in [0.25, 0.3) is 17.7 Å². The number of amides is 15. The van der Waals surface area contributed by atoms with Gasteiger partial charge in [0.05, 0.1) is 36.9 Å². The zero-order valence-electron chi connectivity index (χ0n) is 94.4. The van der Waals surface area contributed by atoms with Crippen molar-refractivity contribution in [3.05, 3.63) is 12.7 Å². The molecule has 39 nitrogen and oxygen atoms in total. The molecular weight excluding hydrogens is 1980 g/mol. The third-order valence-corrected chi connectivity index (χ3v) is 39.3. The van der Waals surface area contributed by atoms with Crippen LogP contribution in [0, 0.1) is 91.2 Å². The second kappa shape index (κ2) is 51.5. The summed E-state index contributed by atoms with van der Waals surface area (Å²) in [7, 11) is -6.11. The van der Waals surface area contributed by atoms with Crippen molar-refractivity contribution in [1.82, 2.24) is 86.1 Å². The number of nitrogens with one attached hydrogen (secondary N) is 11. The first-order valence-electron chi connectivity index (χ1n) is 55.4. The average molecular weight is 2170 g/mol. The maximum Gasteiger partial charge on any atom is 0.315 e. The SMILES string of the molecule is C=CCNC(=O)C(=O)C(CCC)NC(=O)[C@@H]1[C@H]2CCC(C)(C)[C@H]2CN1C(=O)[C@@H](NC(=O)N[C@H](CN(C)S(C)(=O)=O)C(C)(C)C)C1CCCCC1.CCCC(NC(=O)[C@@H]1[C@H]2CCC(C)(C)[C@H]2CN1C(=O)[C@@H](NC(=O)N[C@H](CN(C)S(C)(=O)=O)C(C)(C)C)C1CCCCC1)C(=O)C(=O)NC1CC1.CN(C[C@@H](NC(=O)N[C@H](C(=O)N1C[C@H]2[C@H](CCC2(C)C)[C@H]1C(=O)NC(CC1CCC1)C(=O)C(N)=O)C1(C)CCCCC1)C(C)(C)C)S(C)(=O)=O. The monoisotopic (exact) mass is 2170 g/mol. The van der Waals surface area contributed by atoms with E-state index in [2.05, 4.69) is 107 Å². The molecule has 0 spiro atoms. The van der Waals surface area contributed by atoms with Gasteiger partial charge in [0.2, 0.25) is 82.9 Å². The first-order chi connectivity index (χ1) is 69.5. The second-order valence-electron chi connectivity index (χ2n) is 51.3. The summed E-state index contributed by atoms with van der Waals surface area (Å²) in [6, 6.07) is -11.8. The van der Waals surface area contributed by atoms with Crippen LogP contribution in [0.2, 0.25) is 0 Å². The normalized spacial score (nSPS) is 25.5. The quantitative estimate of drug-likeness (QED) is 0.0200. The van der Waals surface area contributed by atoms with Crippen molar-refractivity contribution in [3.63, 3.8) is 0 Å². The molecule has 0 bridgehead atoms. The summed E-state index contributed by atoms with van der Waals surface area (Å²) in [5, 5.41) is 31.7. The minimum absolute atomic E-state index is 0.00884. The van der Waals surface area contributed by atoms with Crippen LogP contribution in [0.4, 0.5) is 14.4 Å². The Hall–Kier alpha value is -8.48. The van der Waals surface area contributed by atoms with Crippen LogP contribution < -0.4 is 64.2 Å². The van der Waals surface area contributed by atoms with E-state index in [9.17, 15) is 97.2 Å². The molecule has 42 heteroatoms. The summed E-state index contributed by atoms with van der Waals surface area (Å²) in [5.74, 6) is -7.50. The number of likely N-dealkylation sites (N-methyl/N-ethyl adjacent to an activating group) is 3. The van der Waals surface area contributed by atoms with E-state index in [4.69, 9.17) is 5.73 Å². The van der Waals surface area contributed by atoms with Crippen LogP contribution in [0.15, 0.2) is 12.7 Å². The van der Waals surface area contributed by atoms with Crippen molar-refractivity contribution in [3.8, 4) is 0 Å². The highest BCUT2D eigenvalue weighted by molar-refractivity contribution is 7.88. The third-order valence-electron chi connectivity index (χ3n) is 35.5. The van der Waals surface area contributed by atoms with E-state index in [0.717, 1.165) is 173 Å². The van der Waals surface area contributed by atoms with Gasteiger partial charge in [0.15, 0.2) is 0 Å². The number of nitrogens with zero attached hydrogens (tertiary/aromatic N) is 6. The number of carbonyl (C=O) groups is 15. The van der Waals surface area contributed by atoms with Crippen molar-refractivity contribution in [2.45, 2.75) is 402 Å². The number of carbonyl (C=O) groups excluding carboxylic acids is 15. The third kappa shape index (κ3) is 32.6. The van der Waals surface area contributed by atoms with E-state index in [-0.39, 0.29) is 126 Å². The fourth-order valence-corrected chi connectivity index (χ4v) is 26.0. The van der Waals surface area contributed by atoms with Gasteiger partial charge < -0.3 is 78.9 Å². The summed E-state index contributed by atoms with van der Waals surface area (Å²) in [6.45, 7) is 40.8. The largest absolute Gasteiger partial charge is 0.363 e. The van der Waals surface area contributed by atoms with E-state index in [1.165, 1.54) is 40.1 Å². The Morgan fingerprint density at radius 1 is 0.400 bits per heavy atom. The lowest BCUT2D eigenvalue weighted by atomic mass is 9.70. The van der Waals surface area contributed by atoms with Gasteiger partial charge in [-0.2, -0.15) is 0 Å². The molecule has 15 amide bonds. The molecule has 11 rings (SSSR count). The van der Waals surface area contributed by atoms with Crippen LogP contribution in [0.3, 0.4) is 0 Å². The molecule has 0 aromatic heterocycles. The van der Waals surface area contributed by atoms with Crippen LogP contribution in [0.1, 0.15) is 324 Å². The summed E-state index contributed by atoms with van der Waals surface area (Å²) in [5.41, 5.74) is 2.94. The van der Waals surface area contributed by atoms with Gasteiger partial charge in [-0.1, -0.05) is 221 Å². The minimum Gasteiger partial charge on any atom is -0.363 e. The second-order valence-corrected chi connectivity index (χ2v) is 57.6. The van der Waals surface area contributed by atoms with Crippen molar-refractivity contribution in [1.29, 1.82) is 0 Å². The highest BCUT2D eigenvalue weighted by Gasteiger charge is 2.62. The molecule has 0 radical (unpaired) electrons. The van der Waals surface area contributed by atoms with Gasteiger partial charge in [-0.15, -0.1) is 6.58 Å². The molecule has 3 aliphatic heterocycles. The maximum absolute atomic E-state index is 15.0. The topological polar surface area (TPSA) is 536 Å². The number of primary amides is 1. The highest BCUT2D eigenvalue weighted by Crippen LogP contribution is 2.57. The molecule has 3 saturated heterocycles. The Bertz CT molecular complexity index is 5160. The van der Waals surface area contributed by atoms with Crippen molar-refractivity contribution >= 4 is 119 Å². The Morgan fingerprint density at radius 3 is 1.03 bits per heavy atom. The molecule has 13 N–H and O–H groups in total. The maximum atomic E-state index is 15.0. The number of hydrogen-bond donors (Lipinski definition) is 12. The fourth-order valence-electron chi connectivity index (χ4n) is 24.8. The predicted molar refractivity (Wildman–Crippen MR) is 575 cm³/mol. The number of ketones is 3. The molecule has 0 aromatic rings. The minimum atomic E-state index is -3.51. The number of fused-ring (bicyclic) bond motifs is 3. The van der Waals surface area contributed by atoms with Gasteiger partial charge in [0.1, 0.15) is 36.3 Å². The smallest absolute Gasteiger partial charge is 0.315 e. The average Bonchev–Trinajstić information content (AvgIpc) is 1.59. The lowest BCUT2D eigenvalue weighted by molar-refractivity contribution is -0.145. The van der Waals surface area contributed by atoms with Crippen LogP contribution in [-0.2, 0) is 87.6 Å². The predicted octanol–water partition coefficient (Wildman–Crippen LogP) is 8.82. The summed E-state index contributed by atoms with van der Waals surface area (Å²) in [6.07, 6.45) is 29.3. The van der Waals surface area contributed by atoms with Crippen molar-refractivity contribution in [2.75, 3.05) is 85.7 Å². The van der Waals surface area contributed by atoms with Crippen LogP contribution in [0.25, 0.3) is 0 Å².